The molecule has 0 aliphatic heterocycles. The van der Waals surface area contributed by atoms with Gasteiger partial charge in [-0.25, -0.2) is 0 Å². The Morgan fingerprint density at radius 2 is 1.47 bits per heavy atom. The highest BCUT2D eigenvalue weighted by Gasteiger charge is 2.40. The fourth-order valence-electron chi connectivity index (χ4n) is 3.69. The van der Waals surface area contributed by atoms with Gasteiger partial charge in [0.2, 0.25) is 0 Å². The summed E-state index contributed by atoms with van der Waals surface area (Å²) < 4.78 is 36.3. The lowest BCUT2D eigenvalue weighted by Gasteiger charge is -2.28. The topological polar surface area (TPSA) is 74.2 Å². The summed E-state index contributed by atoms with van der Waals surface area (Å²) in [5, 5.41) is 10.9. The highest BCUT2D eigenvalue weighted by Crippen LogP contribution is 2.65. The van der Waals surface area contributed by atoms with Crippen molar-refractivity contribution in [2.75, 3.05) is 27.4 Å². The summed E-state index contributed by atoms with van der Waals surface area (Å²) in [4.78, 5) is 0. The van der Waals surface area contributed by atoms with E-state index in [0.717, 1.165) is 11.1 Å². The lowest BCUT2D eigenvalue weighted by atomic mass is 9.97. The van der Waals surface area contributed by atoms with Gasteiger partial charge < -0.3 is 23.6 Å². The quantitative estimate of drug-likeness (QED) is 0.354. The highest BCUT2D eigenvalue weighted by atomic mass is 31.2. The predicted molar refractivity (Wildman–Crippen MR) is 126 cm³/mol. The average molecular weight is 456 g/mol. The van der Waals surface area contributed by atoms with Gasteiger partial charge >= 0.3 is 7.60 Å². The monoisotopic (exact) mass is 456 g/mol. The number of phenolic OH excluding ortho intramolecular Hbond substituents is 1. The molecule has 3 aromatic carbocycles. The van der Waals surface area contributed by atoms with Crippen LogP contribution in [-0.4, -0.2) is 32.5 Å². The van der Waals surface area contributed by atoms with Gasteiger partial charge in [0, 0.05) is 5.56 Å². The van der Waals surface area contributed by atoms with Crippen molar-refractivity contribution in [2.24, 2.45) is 0 Å². The van der Waals surface area contributed by atoms with E-state index in [-0.39, 0.29) is 19.0 Å². The first-order valence-corrected chi connectivity index (χ1v) is 12.1. The van der Waals surface area contributed by atoms with Crippen LogP contribution < -0.4 is 9.47 Å². The highest BCUT2D eigenvalue weighted by molar-refractivity contribution is 7.54. The molecule has 6 nitrogen and oxygen atoms in total. The van der Waals surface area contributed by atoms with E-state index >= 15 is 0 Å². The third-order valence-corrected chi connectivity index (χ3v) is 7.53. The second-order valence-electron chi connectivity index (χ2n) is 7.03. The summed E-state index contributed by atoms with van der Waals surface area (Å²) in [5.41, 5.74) is 2.05. The molecule has 0 fully saturated rings. The fraction of sp³-hybridized carbons (Fsp3) is 0.280. The number of hydrogen-bond acceptors (Lipinski definition) is 6. The minimum atomic E-state index is -3.72. The maximum atomic E-state index is 14.0. The summed E-state index contributed by atoms with van der Waals surface area (Å²) in [5.74, 6) is 1.03. The Morgan fingerprint density at radius 3 is 2.06 bits per heavy atom. The van der Waals surface area contributed by atoms with E-state index in [1.807, 2.05) is 42.5 Å². The SMILES string of the molecule is CCOP(=O)(OCC)C(c1ccc(OC)c(OC)c1)c1cc(-c2ccccc2)ccc1O. The Morgan fingerprint density at radius 1 is 0.812 bits per heavy atom. The maximum Gasteiger partial charge on any atom is 0.342 e. The summed E-state index contributed by atoms with van der Waals surface area (Å²) >= 11 is 0. The Balaban J connectivity index is 2.25. The Labute approximate surface area is 189 Å². The molecule has 0 amide bonds. The number of rotatable bonds is 10. The van der Waals surface area contributed by atoms with Gasteiger partial charge in [-0.15, -0.1) is 0 Å². The van der Waals surface area contributed by atoms with Crippen molar-refractivity contribution in [1.82, 2.24) is 0 Å². The Bertz CT molecular complexity index is 1070. The van der Waals surface area contributed by atoms with Crippen molar-refractivity contribution in [1.29, 1.82) is 0 Å². The van der Waals surface area contributed by atoms with E-state index < -0.39 is 13.3 Å². The molecule has 3 aromatic rings. The van der Waals surface area contributed by atoms with Crippen molar-refractivity contribution >= 4 is 7.60 Å². The van der Waals surface area contributed by atoms with Crippen LogP contribution in [0.2, 0.25) is 0 Å². The molecule has 0 spiro atoms. The summed E-state index contributed by atoms with van der Waals surface area (Å²) in [6, 6.07) is 20.3. The smallest absolute Gasteiger partial charge is 0.342 e. The second-order valence-corrected chi connectivity index (χ2v) is 9.14. The van der Waals surface area contributed by atoms with Gasteiger partial charge in [0.25, 0.3) is 0 Å². The number of methoxy groups -OCH3 is 2. The van der Waals surface area contributed by atoms with Gasteiger partial charge in [-0.2, -0.15) is 0 Å². The first-order chi connectivity index (χ1) is 15.5. The second kappa shape index (κ2) is 10.7. The van der Waals surface area contributed by atoms with Gasteiger partial charge in [-0.05, 0) is 54.8 Å². The molecule has 0 saturated carbocycles. The molecule has 0 bridgehead atoms. The largest absolute Gasteiger partial charge is 0.508 e. The Kier molecular flexibility index (Phi) is 7.97. The third-order valence-electron chi connectivity index (χ3n) is 5.09. The van der Waals surface area contributed by atoms with Crippen LogP contribution in [0.1, 0.15) is 30.6 Å². The van der Waals surface area contributed by atoms with Crippen LogP contribution in [0, 0.1) is 0 Å². The van der Waals surface area contributed by atoms with E-state index in [9.17, 15) is 9.67 Å². The van der Waals surface area contributed by atoms with Gasteiger partial charge in [0.1, 0.15) is 11.4 Å². The normalized spacial score (nSPS) is 12.4. The summed E-state index contributed by atoms with van der Waals surface area (Å²) in [6.07, 6.45) is 0. The molecule has 0 saturated heterocycles. The Hall–Kier alpha value is -2.79. The number of aromatic hydroxyl groups is 1. The van der Waals surface area contributed by atoms with Crippen LogP contribution in [0.25, 0.3) is 11.1 Å². The van der Waals surface area contributed by atoms with Crippen molar-refractivity contribution in [3.05, 3.63) is 77.9 Å². The molecule has 3 rings (SSSR count). The molecule has 0 radical (unpaired) electrons. The number of ether oxygens (including phenoxy) is 2. The number of hydrogen-bond donors (Lipinski definition) is 1. The minimum Gasteiger partial charge on any atom is -0.508 e. The maximum absolute atomic E-state index is 14.0. The molecule has 170 valence electrons. The number of benzene rings is 3. The lowest BCUT2D eigenvalue weighted by molar-refractivity contribution is 0.214. The molecule has 1 unspecified atom stereocenters. The van der Waals surface area contributed by atoms with Crippen molar-refractivity contribution in [3.63, 3.8) is 0 Å². The zero-order valence-electron chi connectivity index (χ0n) is 18.8. The van der Waals surface area contributed by atoms with Crippen LogP contribution in [0.3, 0.4) is 0 Å². The van der Waals surface area contributed by atoms with Crippen LogP contribution in [0.15, 0.2) is 66.7 Å². The average Bonchev–Trinajstić information content (AvgIpc) is 2.81. The minimum absolute atomic E-state index is 0.00379. The standard InChI is InChI=1S/C25H29O6P/c1-5-30-32(27,31-6-2)25(20-13-15-23(28-3)24(17-20)29-4)21-16-19(12-14-22(21)26)18-10-8-7-9-11-18/h7-17,25-26H,5-6H2,1-4H3. The molecule has 0 aliphatic rings. The molecule has 0 aliphatic carbocycles. The van der Waals surface area contributed by atoms with E-state index in [1.54, 1.807) is 45.2 Å². The predicted octanol–water partition coefficient (Wildman–Crippen LogP) is 6.43. The van der Waals surface area contributed by atoms with E-state index in [1.165, 1.54) is 7.11 Å². The first kappa shape index (κ1) is 23.9. The molecule has 0 heterocycles. The zero-order chi connectivity index (χ0) is 23.1. The van der Waals surface area contributed by atoms with Crippen LogP contribution in [-0.2, 0) is 13.6 Å². The van der Waals surface area contributed by atoms with Crippen molar-refractivity contribution in [2.45, 2.75) is 19.5 Å². The van der Waals surface area contributed by atoms with Gasteiger partial charge in [0.15, 0.2) is 11.5 Å². The molecule has 1 atom stereocenters. The van der Waals surface area contributed by atoms with Crippen LogP contribution >= 0.6 is 7.60 Å². The molecule has 0 aromatic heterocycles. The van der Waals surface area contributed by atoms with Crippen LogP contribution in [0.5, 0.6) is 17.2 Å². The van der Waals surface area contributed by atoms with Gasteiger partial charge in [0.05, 0.1) is 27.4 Å². The van der Waals surface area contributed by atoms with E-state index in [0.29, 0.717) is 22.6 Å². The lowest BCUT2D eigenvalue weighted by Crippen LogP contribution is -2.09. The summed E-state index contributed by atoms with van der Waals surface area (Å²) in [7, 11) is -0.634. The molecule has 1 N–H and O–H groups in total. The molecular weight excluding hydrogens is 427 g/mol. The fourth-order valence-corrected chi connectivity index (χ4v) is 5.85. The van der Waals surface area contributed by atoms with Crippen molar-refractivity contribution in [3.8, 4) is 28.4 Å². The molecular formula is C25H29O6P. The van der Waals surface area contributed by atoms with Gasteiger partial charge in [-0.1, -0.05) is 42.5 Å². The van der Waals surface area contributed by atoms with E-state index in [2.05, 4.69) is 0 Å². The van der Waals surface area contributed by atoms with Crippen LogP contribution in [0.4, 0.5) is 0 Å². The molecule has 7 heteroatoms. The van der Waals surface area contributed by atoms with Gasteiger partial charge in [-0.3, -0.25) is 4.57 Å². The first-order valence-electron chi connectivity index (χ1n) is 10.5. The number of phenols is 1. The zero-order valence-corrected chi connectivity index (χ0v) is 19.7. The van der Waals surface area contributed by atoms with Crippen molar-refractivity contribution < 1.29 is 28.2 Å². The van der Waals surface area contributed by atoms with E-state index in [4.69, 9.17) is 18.5 Å². The molecule has 32 heavy (non-hydrogen) atoms. The summed E-state index contributed by atoms with van der Waals surface area (Å²) in [6.45, 7) is 3.91. The third kappa shape index (κ3) is 4.99.